The Morgan fingerprint density at radius 1 is 1.04 bits per heavy atom. The monoisotopic (exact) mass is 371 g/mol. The van der Waals surface area contributed by atoms with Gasteiger partial charge in [0.1, 0.15) is 5.82 Å². The summed E-state index contributed by atoms with van der Waals surface area (Å²) in [6.45, 7) is 0.789. The molecule has 5 nitrogen and oxygen atoms in total. The molecule has 4 rings (SSSR count). The molecule has 7 heteroatoms. The van der Waals surface area contributed by atoms with Crippen molar-refractivity contribution in [3.05, 3.63) is 66.2 Å². The normalized spacial score (nSPS) is 16.8. The first-order valence-electron chi connectivity index (χ1n) is 8.51. The van der Waals surface area contributed by atoms with Crippen LogP contribution in [0.15, 0.2) is 59.6 Å². The number of halogens is 1. The van der Waals surface area contributed by atoms with Crippen LogP contribution in [0.4, 0.5) is 4.39 Å². The number of fused-ring (bicyclic) bond motifs is 1. The largest absolute Gasteiger partial charge is 0.243 e. The Morgan fingerprint density at radius 2 is 1.85 bits per heavy atom. The lowest BCUT2D eigenvalue weighted by Crippen LogP contribution is -2.38. The molecular weight excluding hydrogens is 353 g/mol. The van der Waals surface area contributed by atoms with E-state index in [0.29, 0.717) is 31.6 Å². The Morgan fingerprint density at radius 3 is 2.62 bits per heavy atom. The van der Waals surface area contributed by atoms with Gasteiger partial charge in [-0.3, -0.25) is 0 Å². The molecule has 3 aromatic rings. The first-order valence-corrected chi connectivity index (χ1v) is 9.95. The standard InChI is InChI=1S/C19H18FN3O2S/c20-16-4-1-5-17(13-16)26(24,25)23-11-8-14(9-12-23)18-7-6-15-3-2-10-21-19(15)22-18/h1-7,10,13-14H,8-9,11-12H2. The van der Waals surface area contributed by atoms with Gasteiger partial charge in [-0.25, -0.2) is 22.8 Å². The van der Waals surface area contributed by atoms with Gasteiger partial charge in [-0.15, -0.1) is 0 Å². The molecule has 0 unspecified atom stereocenters. The van der Waals surface area contributed by atoms with Crippen LogP contribution in [0.2, 0.25) is 0 Å². The van der Waals surface area contributed by atoms with Crippen molar-refractivity contribution in [3.8, 4) is 0 Å². The summed E-state index contributed by atoms with van der Waals surface area (Å²) >= 11 is 0. The average molecular weight is 371 g/mol. The smallest absolute Gasteiger partial charge is 0.237 e. The molecule has 0 bridgehead atoms. The van der Waals surface area contributed by atoms with Gasteiger partial charge < -0.3 is 0 Å². The minimum Gasteiger partial charge on any atom is -0.237 e. The van der Waals surface area contributed by atoms with Crippen LogP contribution < -0.4 is 0 Å². The van der Waals surface area contributed by atoms with E-state index in [4.69, 9.17) is 0 Å². The van der Waals surface area contributed by atoms with Crippen LogP contribution in [0.5, 0.6) is 0 Å². The summed E-state index contributed by atoms with van der Waals surface area (Å²) in [5.41, 5.74) is 1.65. The molecule has 1 saturated heterocycles. The number of benzene rings is 1. The number of piperidine rings is 1. The Bertz CT molecular complexity index is 1050. The van der Waals surface area contributed by atoms with E-state index in [9.17, 15) is 12.8 Å². The van der Waals surface area contributed by atoms with E-state index in [1.54, 1.807) is 6.20 Å². The van der Waals surface area contributed by atoms with E-state index >= 15 is 0 Å². The number of hydrogen-bond donors (Lipinski definition) is 0. The van der Waals surface area contributed by atoms with Gasteiger partial charge in [0, 0.05) is 36.3 Å². The van der Waals surface area contributed by atoms with Gasteiger partial charge in [0.15, 0.2) is 5.65 Å². The summed E-state index contributed by atoms with van der Waals surface area (Å²) in [6.07, 6.45) is 3.08. The number of nitrogens with zero attached hydrogens (tertiary/aromatic N) is 3. The van der Waals surface area contributed by atoms with Crippen LogP contribution >= 0.6 is 0 Å². The fourth-order valence-corrected chi connectivity index (χ4v) is 4.87. The van der Waals surface area contributed by atoms with Crippen molar-refractivity contribution in [2.24, 2.45) is 0 Å². The lowest BCUT2D eigenvalue weighted by Gasteiger charge is -2.31. The van der Waals surface area contributed by atoms with E-state index in [1.165, 1.54) is 22.5 Å². The lowest BCUT2D eigenvalue weighted by molar-refractivity contribution is 0.317. The molecule has 0 atom stereocenters. The molecule has 3 heterocycles. The fraction of sp³-hybridized carbons (Fsp3) is 0.263. The van der Waals surface area contributed by atoms with E-state index in [2.05, 4.69) is 9.97 Å². The molecule has 0 aliphatic carbocycles. The summed E-state index contributed by atoms with van der Waals surface area (Å²) in [6, 6.07) is 13.0. The molecule has 1 aromatic carbocycles. The van der Waals surface area contributed by atoms with Gasteiger partial charge in [0.2, 0.25) is 10.0 Å². The molecule has 0 spiro atoms. The minimum atomic E-state index is -3.66. The predicted octanol–water partition coefficient (Wildman–Crippen LogP) is 3.34. The van der Waals surface area contributed by atoms with Crippen molar-refractivity contribution in [1.82, 2.24) is 14.3 Å². The van der Waals surface area contributed by atoms with Gasteiger partial charge in [-0.2, -0.15) is 4.31 Å². The van der Waals surface area contributed by atoms with E-state index in [0.717, 1.165) is 17.1 Å². The molecule has 2 aromatic heterocycles. The molecule has 26 heavy (non-hydrogen) atoms. The summed E-state index contributed by atoms with van der Waals surface area (Å²) < 4.78 is 40.2. The van der Waals surface area contributed by atoms with Crippen LogP contribution in [-0.2, 0) is 10.0 Å². The third-order valence-corrected chi connectivity index (χ3v) is 6.69. The second kappa shape index (κ2) is 6.74. The summed E-state index contributed by atoms with van der Waals surface area (Å²) in [4.78, 5) is 8.92. The first kappa shape index (κ1) is 17.1. The second-order valence-electron chi connectivity index (χ2n) is 6.42. The van der Waals surface area contributed by atoms with Crippen LogP contribution in [0.3, 0.4) is 0 Å². The summed E-state index contributed by atoms with van der Waals surface area (Å²) in [7, 11) is -3.66. The topological polar surface area (TPSA) is 63.2 Å². The Hall–Kier alpha value is -2.38. The molecule has 0 saturated carbocycles. The Labute approximate surface area is 151 Å². The number of pyridine rings is 2. The zero-order valence-electron chi connectivity index (χ0n) is 14.0. The number of hydrogen-bond acceptors (Lipinski definition) is 4. The van der Waals surface area contributed by atoms with Gasteiger partial charge in [-0.05, 0) is 55.3 Å². The van der Waals surface area contributed by atoms with E-state index in [1.807, 2.05) is 24.3 Å². The van der Waals surface area contributed by atoms with Crippen molar-refractivity contribution in [2.75, 3.05) is 13.1 Å². The Kier molecular flexibility index (Phi) is 4.42. The maximum atomic E-state index is 13.4. The highest BCUT2D eigenvalue weighted by Crippen LogP contribution is 2.30. The summed E-state index contributed by atoms with van der Waals surface area (Å²) in [5, 5.41) is 0.988. The molecule has 134 valence electrons. The van der Waals surface area contributed by atoms with E-state index < -0.39 is 15.8 Å². The van der Waals surface area contributed by atoms with Gasteiger partial charge in [0.05, 0.1) is 4.90 Å². The van der Waals surface area contributed by atoms with Crippen molar-refractivity contribution < 1.29 is 12.8 Å². The van der Waals surface area contributed by atoms with Crippen LogP contribution in [0, 0.1) is 5.82 Å². The molecule has 1 aliphatic heterocycles. The Balaban J connectivity index is 1.51. The molecule has 1 aliphatic rings. The highest BCUT2D eigenvalue weighted by Gasteiger charge is 2.30. The SMILES string of the molecule is O=S(=O)(c1cccc(F)c1)N1CCC(c2ccc3cccnc3n2)CC1. The van der Waals surface area contributed by atoms with E-state index in [-0.39, 0.29) is 10.8 Å². The number of aromatic nitrogens is 2. The van der Waals surface area contributed by atoms with Gasteiger partial charge >= 0.3 is 0 Å². The van der Waals surface area contributed by atoms with Crippen molar-refractivity contribution in [1.29, 1.82) is 0 Å². The van der Waals surface area contributed by atoms with Crippen molar-refractivity contribution in [3.63, 3.8) is 0 Å². The van der Waals surface area contributed by atoms with Crippen molar-refractivity contribution in [2.45, 2.75) is 23.7 Å². The maximum Gasteiger partial charge on any atom is 0.243 e. The average Bonchev–Trinajstić information content (AvgIpc) is 2.68. The molecular formula is C19H18FN3O2S. The zero-order valence-corrected chi connectivity index (χ0v) is 14.9. The number of rotatable bonds is 3. The molecule has 0 amide bonds. The van der Waals surface area contributed by atoms with Crippen LogP contribution in [0.1, 0.15) is 24.5 Å². The second-order valence-corrected chi connectivity index (χ2v) is 8.36. The number of sulfonamides is 1. The predicted molar refractivity (Wildman–Crippen MR) is 96.7 cm³/mol. The van der Waals surface area contributed by atoms with Crippen molar-refractivity contribution >= 4 is 21.1 Å². The van der Waals surface area contributed by atoms with Crippen LogP contribution in [-0.4, -0.2) is 35.8 Å². The molecule has 0 N–H and O–H groups in total. The fourth-order valence-electron chi connectivity index (χ4n) is 3.36. The summed E-state index contributed by atoms with van der Waals surface area (Å²) in [5.74, 6) is -0.353. The van der Waals surface area contributed by atoms with Gasteiger partial charge in [0.25, 0.3) is 0 Å². The van der Waals surface area contributed by atoms with Crippen LogP contribution in [0.25, 0.3) is 11.0 Å². The lowest BCUT2D eigenvalue weighted by atomic mass is 9.94. The molecule has 0 radical (unpaired) electrons. The minimum absolute atomic E-state index is 0.00369. The first-order chi connectivity index (χ1) is 12.5. The zero-order chi connectivity index (χ0) is 18.1. The highest BCUT2D eigenvalue weighted by molar-refractivity contribution is 7.89. The third kappa shape index (κ3) is 3.20. The maximum absolute atomic E-state index is 13.4. The quantitative estimate of drug-likeness (QED) is 0.708. The third-order valence-electron chi connectivity index (χ3n) is 4.79. The highest BCUT2D eigenvalue weighted by atomic mass is 32.2. The molecule has 1 fully saturated rings. The van der Waals surface area contributed by atoms with Gasteiger partial charge in [-0.1, -0.05) is 6.07 Å².